The van der Waals surface area contributed by atoms with Crippen molar-refractivity contribution in [2.24, 2.45) is 0 Å². The molecule has 0 aliphatic heterocycles. The molecule has 5 heteroatoms. The lowest BCUT2D eigenvalue weighted by Crippen LogP contribution is -2.85. The van der Waals surface area contributed by atoms with Crippen LogP contribution >= 0.6 is 0 Å². The summed E-state index contributed by atoms with van der Waals surface area (Å²) in [4.78, 5) is 12.4. The zero-order valence-corrected chi connectivity index (χ0v) is 15.4. The number of carbonyl (C=O) groups is 1. The van der Waals surface area contributed by atoms with E-state index in [1.54, 1.807) is 48.5 Å². The van der Waals surface area contributed by atoms with E-state index >= 15 is 0 Å². The van der Waals surface area contributed by atoms with Crippen LogP contribution in [-0.4, -0.2) is 30.1 Å². The van der Waals surface area contributed by atoms with Crippen LogP contribution in [-0.2, 0) is 6.54 Å². The lowest BCUT2D eigenvalue weighted by molar-refractivity contribution is -0.676. The number of hydrogen-bond acceptors (Lipinski definition) is 3. The summed E-state index contributed by atoms with van der Waals surface area (Å²) in [7, 11) is 0. The number of aliphatic hydroxyl groups is 1. The topological polar surface area (TPSA) is 63.1 Å². The number of quaternary nitrogens is 1. The van der Waals surface area contributed by atoms with Crippen molar-refractivity contribution in [1.82, 2.24) is 0 Å². The van der Waals surface area contributed by atoms with Gasteiger partial charge in [-0.1, -0.05) is 42.5 Å². The maximum absolute atomic E-state index is 12.9. The highest BCUT2D eigenvalue weighted by molar-refractivity contribution is 6.08. The Bertz CT molecular complexity index is 880. The van der Waals surface area contributed by atoms with Crippen molar-refractivity contribution in [2.75, 3.05) is 13.2 Å². The molecule has 0 radical (unpaired) electrons. The van der Waals surface area contributed by atoms with Gasteiger partial charge in [0.1, 0.15) is 37.4 Å². The molecule has 1 atom stereocenters. The Balaban J connectivity index is 1.42. The van der Waals surface area contributed by atoms with Crippen molar-refractivity contribution in [1.29, 1.82) is 0 Å². The molecule has 0 saturated carbocycles. The third-order valence-corrected chi connectivity index (χ3v) is 4.33. The summed E-state index contributed by atoms with van der Waals surface area (Å²) in [6, 6.07) is 22.3. The molecular formula is C23H23FNO3+. The normalized spacial score (nSPS) is 11.8. The maximum atomic E-state index is 12.9. The number of ketones is 1. The van der Waals surface area contributed by atoms with Gasteiger partial charge >= 0.3 is 0 Å². The molecule has 3 aromatic rings. The Kier molecular flexibility index (Phi) is 6.89. The molecule has 0 bridgehead atoms. The summed E-state index contributed by atoms with van der Waals surface area (Å²) in [5.74, 6) is 0.304. The molecule has 0 spiro atoms. The van der Waals surface area contributed by atoms with Gasteiger partial charge in [-0.3, -0.25) is 4.79 Å². The molecule has 0 saturated heterocycles. The molecule has 0 aliphatic rings. The third kappa shape index (κ3) is 5.74. The minimum absolute atomic E-state index is 0.0393. The SMILES string of the molecule is O=C(c1ccccc1)c1ccc(OC[C@@H](O)C[NH2+]Cc2ccc(F)cc2)cc1. The average Bonchev–Trinajstić information content (AvgIpc) is 2.74. The zero-order chi connectivity index (χ0) is 19.8. The molecule has 0 aliphatic carbocycles. The van der Waals surface area contributed by atoms with Gasteiger partial charge in [-0.05, 0) is 36.4 Å². The van der Waals surface area contributed by atoms with Gasteiger partial charge in [-0.15, -0.1) is 0 Å². The number of halogens is 1. The van der Waals surface area contributed by atoms with Crippen LogP contribution in [0.3, 0.4) is 0 Å². The number of nitrogens with two attached hydrogens (primary N) is 1. The molecule has 28 heavy (non-hydrogen) atoms. The summed E-state index contributed by atoms with van der Waals surface area (Å²) >= 11 is 0. The first-order chi connectivity index (χ1) is 13.6. The molecule has 3 N–H and O–H groups in total. The number of rotatable bonds is 9. The first-order valence-electron chi connectivity index (χ1n) is 9.18. The van der Waals surface area contributed by atoms with E-state index in [2.05, 4.69) is 0 Å². The number of aliphatic hydroxyl groups excluding tert-OH is 1. The molecule has 3 aromatic carbocycles. The summed E-state index contributed by atoms with van der Waals surface area (Å²) in [5.41, 5.74) is 2.23. The standard InChI is InChI=1S/C23H22FNO3/c24-20-10-6-17(7-11-20)14-25-15-21(26)16-28-22-12-8-19(9-13-22)23(27)18-4-2-1-3-5-18/h1-13,21,25-26H,14-16H2/p+1/t21-/m0/s1. The highest BCUT2D eigenvalue weighted by Crippen LogP contribution is 2.15. The molecular weight excluding hydrogens is 357 g/mol. The second kappa shape index (κ2) is 9.78. The zero-order valence-electron chi connectivity index (χ0n) is 15.4. The van der Waals surface area contributed by atoms with Crippen LogP contribution in [0.25, 0.3) is 0 Å². The smallest absolute Gasteiger partial charge is 0.193 e. The predicted octanol–water partition coefficient (Wildman–Crippen LogP) is 2.56. The largest absolute Gasteiger partial charge is 0.491 e. The van der Waals surface area contributed by atoms with Gasteiger partial charge in [-0.25, -0.2) is 4.39 Å². The molecule has 0 heterocycles. The molecule has 144 valence electrons. The first kappa shape index (κ1) is 19.7. The highest BCUT2D eigenvalue weighted by Gasteiger charge is 2.10. The van der Waals surface area contributed by atoms with Crippen molar-refractivity contribution < 1.29 is 24.3 Å². The Morgan fingerprint density at radius 2 is 1.57 bits per heavy atom. The van der Waals surface area contributed by atoms with Crippen molar-refractivity contribution in [3.8, 4) is 5.75 Å². The molecule has 0 aromatic heterocycles. The quantitative estimate of drug-likeness (QED) is 0.561. The van der Waals surface area contributed by atoms with Gasteiger partial charge in [0.2, 0.25) is 0 Å². The fourth-order valence-corrected chi connectivity index (χ4v) is 2.78. The lowest BCUT2D eigenvalue weighted by atomic mass is 10.0. The second-order valence-corrected chi connectivity index (χ2v) is 6.54. The maximum Gasteiger partial charge on any atom is 0.193 e. The predicted molar refractivity (Wildman–Crippen MR) is 105 cm³/mol. The van der Waals surface area contributed by atoms with Crippen LogP contribution in [0, 0.1) is 5.82 Å². The highest BCUT2D eigenvalue weighted by atomic mass is 19.1. The number of hydrogen-bond donors (Lipinski definition) is 2. The van der Waals surface area contributed by atoms with Crippen molar-refractivity contribution >= 4 is 5.78 Å². The summed E-state index contributed by atoms with van der Waals surface area (Å²) in [6.07, 6.45) is -0.633. The number of carbonyl (C=O) groups excluding carboxylic acids is 1. The van der Waals surface area contributed by atoms with Crippen LogP contribution in [0.2, 0.25) is 0 Å². The van der Waals surface area contributed by atoms with Crippen LogP contribution in [0.15, 0.2) is 78.9 Å². The van der Waals surface area contributed by atoms with Gasteiger partial charge in [-0.2, -0.15) is 0 Å². The fraction of sp³-hybridized carbons (Fsp3) is 0.174. The second-order valence-electron chi connectivity index (χ2n) is 6.54. The average molecular weight is 380 g/mol. The van der Waals surface area contributed by atoms with E-state index in [-0.39, 0.29) is 18.2 Å². The molecule has 0 fully saturated rings. The summed E-state index contributed by atoms with van der Waals surface area (Å²) < 4.78 is 18.5. The van der Waals surface area contributed by atoms with Gasteiger partial charge in [0.25, 0.3) is 0 Å². The Hall–Kier alpha value is -3.02. The van der Waals surface area contributed by atoms with E-state index in [9.17, 15) is 14.3 Å². The van der Waals surface area contributed by atoms with Crippen molar-refractivity contribution in [3.05, 3.63) is 101 Å². The Morgan fingerprint density at radius 1 is 0.929 bits per heavy atom. The number of benzene rings is 3. The van der Waals surface area contributed by atoms with E-state index in [4.69, 9.17) is 4.74 Å². The lowest BCUT2D eigenvalue weighted by Gasteiger charge is -2.12. The van der Waals surface area contributed by atoms with Gasteiger partial charge in [0, 0.05) is 16.7 Å². The first-order valence-corrected chi connectivity index (χ1v) is 9.18. The molecule has 0 unspecified atom stereocenters. The molecule has 4 nitrogen and oxygen atoms in total. The fourth-order valence-electron chi connectivity index (χ4n) is 2.78. The van der Waals surface area contributed by atoms with Crippen molar-refractivity contribution in [3.63, 3.8) is 0 Å². The van der Waals surface area contributed by atoms with Crippen LogP contribution in [0.4, 0.5) is 4.39 Å². The molecule has 3 rings (SSSR count). The summed E-state index contributed by atoms with van der Waals surface area (Å²) in [5, 5.41) is 12.0. The van der Waals surface area contributed by atoms with Gasteiger partial charge in [0.15, 0.2) is 5.78 Å². The third-order valence-electron chi connectivity index (χ3n) is 4.33. The minimum atomic E-state index is -0.633. The monoisotopic (exact) mass is 380 g/mol. The van der Waals surface area contributed by atoms with E-state index in [0.29, 0.717) is 30.0 Å². The Morgan fingerprint density at radius 3 is 2.25 bits per heavy atom. The molecule has 0 amide bonds. The van der Waals surface area contributed by atoms with Crippen LogP contribution < -0.4 is 10.1 Å². The van der Waals surface area contributed by atoms with E-state index in [1.165, 1.54) is 12.1 Å². The summed E-state index contributed by atoms with van der Waals surface area (Å²) in [6.45, 7) is 1.29. The van der Waals surface area contributed by atoms with Crippen molar-refractivity contribution in [2.45, 2.75) is 12.6 Å². The van der Waals surface area contributed by atoms with Gasteiger partial charge < -0.3 is 15.2 Å². The van der Waals surface area contributed by atoms with Gasteiger partial charge in [0.05, 0.1) is 0 Å². The number of ether oxygens (including phenoxy) is 1. The van der Waals surface area contributed by atoms with E-state index in [1.807, 2.05) is 23.5 Å². The van der Waals surface area contributed by atoms with E-state index < -0.39 is 6.10 Å². The Labute approximate surface area is 163 Å². The minimum Gasteiger partial charge on any atom is -0.491 e. The van der Waals surface area contributed by atoms with Crippen LogP contribution in [0.5, 0.6) is 5.75 Å². The van der Waals surface area contributed by atoms with E-state index in [0.717, 1.165) is 5.56 Å². The van der Waals surface area contributed by atoms with Crippen LogP contribution in [0.1, 0.15) is 21.5 Å².